The molecule has 0 amide bonds. The lowest BCUT2D eigenvalue weighted by molar-refractivity contribution is 0.424. The Morgan fingerprint density at radius 1 is 1.53 bits per heavy atom. The zero-order valence-electron chi connectivity index (χ0n) is 11.2. The van der Waals surface area contributed by atoms with Gasteiger partial charge in [-0.25, -0.2) is 0 Å². The Balaban J connectivity index is 1.68. The number of nitrogens with one attached hydrogen (secondary N) is 1. The van der Waals surface area contributed by atoms with Crippen LogP contribution in [0, 0.1) is 5.92 Å². The maximum Gasteiger partial charge on any atom is 0.0624 e. The summed E-state index contributed by atoms with van der Waals surface area (Å²) in [4.78, 5) is 0. The molecule has 0 spiro atoms. The molecule has 1 aromatic heterocycles. The largest absolute Gasteiger partial charge is 0.314 e. The van der Waals surface area contributed by atoms with Crippen molar-refractivity contribution in [3.63, 3.8) is 0 Å². The Morgan fingerprint density at radius 2 is 2.35 bits per heavy atom. The summed E-state index contributed by atoms with van der Waals surface area (Å²) >= 11 is 0. The van der Waals surface area contributed by atoms with Crippen molar-refractivity contribution in [1.29, 1.82) is 0 Å². The third-order valence-corrected chi connectivity index (χ3v) is 3.56. The van der Waals surface area contributed by atoms with E-state index in [1.165, 1.54) is 44.3 Å². The molecule has 0 saturated heterocycles. The van der Waals surface area contributed by atoms with E-state index in [0.29, 0.717) is 0 Å². The van der Waals surface area contributed by atoms with E-state index in [2.05, 4.69) is 23.4 Å². The Hall–Kier alpha value is -0.830. The molecule has 3 heteroatoms. The first kappa shape index (κ1) is 12.6. The lowest BCUT2D eigenvalue weighted by Crippen LogP contribution is -2.31. The lowest BCUT2D eigenvalue weighted by Gasteiger charge is -2.17. The van der Waals surface area contributed by atoms with Crippen molar-refractivity contribution in [2.45, 2.75) is 51.5 Å². The third-order valence-electron chi connectivity index (χ3n) is 3.56. The average Bonchev–Trinajstić information content (AvgIpc) is 3.08. The third kappa shape index (κ3) is 4.15. The van der Waals surface area contributed by atoms with Crippen LogP contribution in [0.2, 0.25) is 0 Å². The Bertz CT molecular complexity index is 328. The SMILES string of the molecule is CCCNC(CCCc1ccn(C)n1)C1CC1. The van der Waals surface area contributed by atoms with Gasteiger partial charge in [0.25, 0.3) is 0 Å². The molecule has 0 radical (unpaired) electrons. The van der Waals surface area contributed by atoms with E-state index in [1.54, 1.807) is 0 Å². The van der Waals surface area contributed by atoms with Crippen LogP contribution >= 0.6 is 0 Å². The molecule has 3 nitrogen and oxygen atoms in total. The maximum absolute atomic E-state index is 4.43. The fourth-order valence-electron chi connectivity index (χ4n) is 2.43. The predicted molar refractivity (Wildman–Crippen MR) is 71.0 cm³/mol. The van der Waals surface area contributed by atoms with E-state index in [9.17, 15) is 0 Å². The van der Waals surface area contributed by atoms with Gasteiger partial charge in [-0.1, -0.05) is 6.92 Å². The van der Waals surface area contributed by atoms with Gasteiger partial charge in [0.2, 0.25) is 0 Å². The highest BCUT2D eigenvalue weighted by Gasteiger charge is 2.29. The minimum absolute atomic E-state index is 0.763. The van der Waals surface area contributed by atoms with Crippen molar-refractivity contribution >= 4 is 0 Å². The van der Waals surface area contributed by atoms with Gasteiger partial charge in [-0.05, 0) is 57.1 Å². The van der Waals surface area contributed by atoms with Gasteiger partial charge in [0, 0.05) is 19.3 Å². The molecule has 1 N–H and O–H groups in total. The maximum atomic E-state index is 4.43. The number of aromatic nitrogens is 2. The number of hydrogen-bond acceptors (Lipinski definition) is 2. The van der Waals surface area contributed by atoms with Crippen LogP contribution in [-0.2, 0) is 13.5 Å². The molecule has 1 atom stereocenters. The molecule has 1 aromatic rings. The van der Waals surface area contributed by atoms with Gasteiger partial charge in [0.1, 0.15) is 0 Å². The van der Waals surface area contributed by atoms with Gasteiger partial charge in [0.05, 0.1) is 5.69 Å². The summed E-state index contributed by atoms with van der Waals surface area (Å²) in [5.74, 6) is 0.963. The van der Waals surface area contributed by atoms with E-state index in [1.807, 2.05) is 17.9 Å². The van der Waals surface area contributed by atoms with E-state index in [-0.39, 0.29) is 0 Å². The van der Waals surface area contributed by atoms with E-state index < -0.39 is 0 Å². The standard InChI is InChI=1S/C14H25N3/c1-3-10-15-14(12-7-8-12)6-4-5-13-9-11-17(2)16-13/h9,11-12,14-15H,3-8,10H2,1-2H3. The molecule has 1 saturated carbocycles. The summed E-state index contributed by atoms with van der Waals surface area (Å²) in [6, 6.07) is 2.89. The summed E-state index contributed by atoms with van der Waals surface area (Å²) in [5, 5.41) is 8.12. The monoisotopic (exact) mass is 235 g/mol. The van der Waals surface area contributed by atoms with E-state index >= 15 is 0 Å². The second-order valence-corrected chi connectivity index (χ2v) is 5.27. The molecule has 1 fully saturated rings. The first-order valence-electron chi connectivity index (χ1n) is 7.01. The van der Waals surface area contributed by atoms with Crippen LogP contribution in [0.25, 0.3) is 0 Å². The number of aryl methyl sites for hydroxylation is 2. The van der Waals surface area contributed by atoms with E-state index in [0.717, 1.165) is 18.4 Å². The Kier molecular flexibility index (Phi) is 4.60. The molecular weight excluding hydrogens is 210 g/mol. The molecule has 1 heterocycles. The van der Waals surface area contributed by atoms with Crippen LogP contribution in [0.1, 0.15) is 44.7 Å². The topological polar surface area (TPSA) is 29.9 Å². The highest BCUT2D eigenvalue weighted by atomic mass is 15.2. The van der Waals surface area contributed by atoms with Gasteiger partial charge in [-0.3, -0.25) is 4.68 Å². The lowest BCUT2D eigenvalue weighted by atomic mass is 10.0. The molecule has 17 heavy (non-hydrogen) atoms. The molecule has 2 rings (SSSR count). The summed E-state index contributed by atoms with van der Waals surface area (Å²) in [5.41, 5.74) is 1.23. The van der Waals surface area contributed by atoms with Gasteiger partial charge in [0.15, 0.2) is 0 Å². The first-order chi connectivity index (χ1) is 8.29. The first-order valence-corrected chi connectivity index (χ1v) is 7.01. The van der Waals surface area contributed by atoms with Crippen molar-refractivity contribution in [3.05, 3.63) is 18.0 Å². The zero-order valence-corrected chi connectivity index (χ0v) is 11.2. The summed E-state index contributed by atoms with van der Waals surface area (Å²) in [7, 11) is 1.99. The normalized spacial score (nSPS) is 17.3. The highest BCUT2D eigenvalue weighted by molar-refractivity contribution is 4.99. The van der Waals surface area contributed by atoms with Gasteiger partial charge in [-0.2, -0.15) is 5.10 Å². The second kappa shape index (κ2) is 6.20. The summed E-state index contributed by atoms with van der Waals surface area (Å²) < 4.78 is 1.89. The van der Waals surface area contributed by atoms with Crippen LogP contribution < -0.4 is 5.32 Å². The van der Waals surface area contributed by atoms with Crippen molar-refractivity contribution in [2.24, 2.45) is 13.0 Å². The van der Waals surface area contributed by atoms with Crippen LogP contribution in [0.3, 0.4) is 0 Å². The highest BCUT2D eigenvalue weighted by Crippen LogP contribution is 2.34. The molecule has 1 aliphatic rings. The molecule has 0 aromatic carbocycles. The smallest absolute Gasteiger partial charge is 0.0624 e. The van der Waals surface area contributed by atoms with Gasteiger partial charge in [-0.15, -0.1) is 0 Å². The van der Waals surface area contributed by atoms with Crippen LogP contribution in [0.15, 0.2) is 12.3 Å². The molecule has 96 valence electrons. The molecule has 1 aliphatic carbocycles. The van der Waals surface area contributed by atoms with Crippen molar-refractivity contribution < 1.29 is 0 Å². The second-order valence-electron chi connectivity index (χ2n) is 5.27. The summed E-state index contributed by atoms with van der Waals surface area (Å²) in [6.45, 7) is 3.41. The molecule has 0 aliphatic heterocycles. The minimum Gasteiger partial charge on any atom is -0.314 e. The predicted octanol–water partition coefficient (Wildman–Crippen LogP) is 2.52. The Labute approximate surface area is 105 Å². The molecular formula is C14H25N3. The quantitative estimate of drug-likeness (QED) is 0.750. The van der Waals surface area contributed by atoms with Gasteiger partial charge < -0.3 is 5.32 Å². The average molecular weight is 235 g/mol. The number of rotatable bonds is 8. The summed E-state index contributed by atoms with van der Waals surface area (Å²) in [6.07, 6.45) is 9.83. The molecule has 1 unspecified atom stereocenters. The number of nitrogens with zero attached hydrogens (tertiary/aromatic N) is 2. The fourth-order valence-corrected chi connectivity index (χ4v) is 2.43. The van der Waals surface area contributed by atoms with E-state index in [4.69, 9.17) is 0 Å². The molecule has 0 bridgehead atoms. The van der Waals surface area contributed by atoms with Crippen molar-refractivity contribution in [1.82, 2.24) is 15.1 Å². The van der Waals surface area contributed by atoms with Gasteiger partial charge >= 0.3 is 0 Å². The zero-order chi connectivity index (χ0) is 12.1. The fraction of sp³-hybridized carbons (Fsp3) is 0.786. The minimum atomic E-state index is 0.763. The van der Waals surface area contributed by atoms with Crippen molar-refractivity contribution in [2.75, 3.05) is 6.54 Å². The van der Waals surface area contributed by atoms with Crippen molar-refractivity contribution in [3.8, 4) is 0 Å². The number of hydrogen-bond donors (Lipinski definition) is 1. The van der Waals surface area contributed by atoms with Crippen LogP contribution in [0.5, 0.6) is 0 Å². The Morgan fingerprint density at radius 3 is 2.94 bits per heavy atom. The van der Waals surface area contributed by atoms with Crippen LogP contribution in [-0.4, -0.2) is 22.4 Å². The van der Waals surface area contributed by atoms with Crippen LogP contribution in [0.4, 0.5) is 0 Å².